The van der Waals surface area contributed by atoms with Gasteiger partial charge in [-0.25, -0.2) is 9.59 Å². The van der Waals surface area contributed by atoms with Crippen molar-refractivity contribution in [2.45, 2.75) is 0 Å². The lowest BCUT2D eigenvalue weighted by molar-refractivity contribution is 0.363. The van der Waals surface area contributed by atoms with Crippen LogP contribution < -0.4 is 16.0 Å². The quantitative estimate of drug-likeness (QED) is 0.342. The van der Waals surface area contributed by atoms with E-state index in [0.29, 0.717) is 40.0 Å². The number of hydrogen-bond acceptors (Lipinski definition) is 5. The number of benzene rings is 3. The van der Waals surface area contributed by atoms with Gasteiger partial charge in [0, 0.05) is 28.5 Å². The first kappa shape index (κ1) is 19.6. The first-order chi connectivity index (χ1) is 15.7. The molecule has 156 valence electrons. The molecule has 5 aromatic rings. The van der Waals surface area contributed by atoms with Crippen molar-refractivity contribution < 1.29 is 13.6 Å². The Bertz CT molecular complexity index is 1560. The molecule has 2 aromatic heterocycles. The average Bonchev–Trinajstić information content (AvgIpc) is 2.81. The van der Waals surface area contributed by atoms with Crippen LogP contribution in [-0.2, 0) is 0 Å². The molecule has 0 amide bonds. The van der Waals surface area contributed by atoms with Crippen LogP contribution >= 0.6 is 0 Å². The normalized spacial score (nSPS) is 11.4. The first-order valence-corrected chi connectivity index (χ1v) is 10.1. The van der Waals surface area contributed by atoms with Gasteiger partial charge in [0.25, 0.3) is 0 Å². The highest BCUT2D eigenvalue weighted by molar-refractivity contribution is 5.95. The molecule has 0 N–H and O–H groups in total. The maximum Gasteiger partial charge on any atom is 0.344 e. The van der Waals surface area contributed by atoms with Gasteiger partial charge in [-0.05, 0) is 35.9 Å². The van der Waals surface area contributed by atoms with E-state index < -0.39 is 11.3 Å². The van der Waals surface area contributed by atoms with Crippen LogP contribution in [0.5, 0.6) is 5.75 Å². The van der Waals surface area contributed by atoms with Gasteiger partial charge >= 0.3 is 11.3 Å². The van der Waals surface area contributed by atoms with Gasteiger partial charge in [0.15, 0.2) is 0 Å². The molecule has 5 nitrogen and oxygen atoms in total. The minimum atomic E-state index is -0.554. The zero-order valence-electron chi connectivity index (χ0n) is 17.0. The third kappa shape index (κ3) is 3.96. The second-order valence-corrected chi connectivity index (χ2v) is 7.25. The summed E-state index contributed by atoms with van der Waals surface area (Å²) in [5.41, 5.74) is 1.62. The van der Waals surface area contributed by atoms with E-state index in [9.17, 15) is 9.59 Å². The van der Waals surface area contributed by atoms with E-state index in [-0.39, 0.29) is 0 Å². The smallest absolute Gasteiger partial charge is 0.344 e. The largest absolute Gasteiger partial charge is 0.489 e. The van der Waals surface area contributed by atoms with Crippen LogP contribution in [0.2, 0.25) is 0 Å². The third-order valence-corrected chi connectivity index (χ3v) is 5.10. The minimum absolute atomic E-state index is 0.307. The van der Waals surface area contributed by atoms with Gasteiger partial charge in [0.2, 0.25) is 0 Å². The van der Waals surface area contributed by atoms with Crippen molar-refractivity contribution in [3.05, 3.63) is 117 Å². The Morgan fingerprint density at radius 1 is 0.750 bits per heavy atom. The fourth-order valence-electron chi connectivity index (χ4n) is 3.60. The molecule has 0 fully saturated rings. The topological polar surface area (TPSA) is 69.7 Å². The maximum absolute atomic E-state index is 12.6. The predicted octanol–water partition coefficient (Wildman–Crippen LogP) is 5.66. The van der Waals surface area contributed by atoms with Gasteiger partial charge in [0.05, 0.1) is 5.56 Å². The molecule has 3 aromatic carbocycles. The SMILES string of the molecule is O=c1cc(-c2cc3ccccc3oc2=O)c2ccc(OCC=Cc3ccccc3)cc2o1. The number of fused-ring (bicyclic) bond motifs is 2. The summed E-state index contributed by atoms with van der Waals surface area (Å²) in [4.78, 5) is 24.8. The molecule has 0 saturated heterocycles. The molecular formula is C27H18O5. The Morgan fingerprint density at radius 3 is 2.44 bits per heavy atom. The monoisotopic (exact) mass is 422 g/mol. The predicted molar refractivity (Wildman–Crippen MR) is 125 cm³/mol. The molecule has 32 heavy (non-hydrogen) atoms. The zero-order chi connectivity index (χ0) is 21.9. The van der Waals surface area contributed by atoms with Crippen LogP contribution in [0.15, 0.2) is 109 Å². The summed E-state index contributed by atoms with van der Waals surface area (Å²) in [6.07, 6.45) is 3.88. The Hall–Kier alpha value is -4.38. The molecule has 0 atom stereocenters. The lowest BCUT2D eigenvalue weighted by atomic mass is 10.0. The van der Waals surface area contributed by atoms with E-state index in [0.717, 1.165) is 10.9 Å². The van der Waals surface area contributed by atoms with Crippen molar-refractivity contribution in [2.24, 2.45) is 0 Å². The van der Waals surface area contributed by atoms with Gasteiger partial charge in [-0.3, -0.25) is 0 Å². The lowest BCUT2D eigenvalue weighted by Gasteiger charge is -2.08. The van der Waals surface area contributed by atoms with Crippen molar-refractivity contribution in [3.63, 3.8) is 0 Å². The molecule has 5 heteroatoms. The van der Waals surface area contributed by atoms with E-state index in [4.69, 9.17) is 13.6 Å². The van der Waals surface area contributed by atoms with Gasteiger partial charge in [-0.1, -0.05) is 54.6 Å². The van der Waals surface area contributed by atoms with E-state index in [1.807, 2.05) is 54.6 Å². The summed E-state index contributed by atoms with van der Waals surface area (Å²) in [6.45, 7) is 0.360. The molecule has 5 rings (SSSR count). The number of para-hydroxylation sites is 1. The molecule has 0 spiro atoms. The van der Waals surface area contributed by atoms with Crippen LogP contribution in [0.3, 0.4) is 0 Å². The van der Waals surface area contributed by atoms with Gasteiger partial charge in [-0.15, -0.1) is 0 Å². The van der Waals surface area contributed by atoms with Crippen LogP contribution in [0, 0.1) is 0 Å². The van der Waals surface area contributed by atoms with E-state index in [1.165, 1.54) is 6.07 Å². The van der Waals surface area contributed by atoms with E-state index in [2.05, 4.69) is 0 Å². The second kappa shape index (κ2) is 8.40. The average molecular weight is 422 g/mol. The Balaban J connectivity index is 1.48. The molecule has 0 aliphatic heterocycles. The number of rotatable bonds is 5. The highest BCUT2D eigenvalue weighted by Gasteiger charge is 2.14. The third-order valence-electron chi connectivity index (χ3n) is 5.10. The van der Waals surface area contributed by atoms with Gasteiger partial charge in [0.1, 0.15) is 23.5 Å². The molecular weight excluding hydrogens is 404 g/mol. The van der Waals surface area contributed by atoms with Crippen molar-refractivity contribution in [1.82, 2.24) is 0 Å². The van der Waals surface area contributed by atoms with Crippen LogP contribution in [0.25, 0.3) is 39.1 Å². The van der Waals surface area contributed by atoms with Crippen molar-refractivity contribution in [3.8, 4) is 16.9 Å². The molecule has 0 radical (unpaired) electrons. The fourth-order valence-corrected chi connectivity index (χ4v) is 3.60. The molecule has 0 aliphatic rings. The highest BCUT2D eigenvalue weighted by atomic mass is 16.5. The molecule has 0 unspecified atom stereocenters. The van der Waals surface area contributed by atoms with Crippen molar-refractivity contribution in [1.29, 1.82) is 0 Å². The molecule has 0 saturated carbocycles. The second-order valence-electron chi connectivity index (χ2n) is 7.25. The van der Waals surface area contributed by atoms with Gasteiger partial charge in [-0.2, -0.15) is 0 Å². The number of hydrogen-bond donors (Lipinski definition) is 0. The molecule has 0 aliphatic carbocycles. The zero-order valence-corrected chi connectivity index (χ0v) is 17.0. The Kier molecular flexibility index (Phi) is 5.14. The lowest BCUT2D eigenvalue weighted by Crippen LogP contribution is -2.06. The van der Waals surface area contributed by atoms with Crippen molar-refractivity contribution >= 4 is 28.0 Å². The van der Waals surface area contributed by atoms with Crippen LogP contribution in [-0.4, -0.2) is 6.61 Å². The van der Waals surface area contributed by atoms with Crippen molar-refractivity contribution in [2.75, 3.05) is 6.61 Å². The number of ether oxygens (including phenoxy) is 1. The minimum Gasteiger partial charge on any atom is -0.489 e. The summed E-state index contributed by atoms with van der Waals surface area (Å²) in [6, 6.07) is 25.4. The Morgan fingerprint density at radius 2 is 1.56 bits per heavy atom. The standard InChI is InChI=1S/C27H18O5/c28-26-17-22(23-15-19-10-4-5-11-24(19)32-27(23)29)21-13-12-20(16-25(21)31-26)30-14-6-9-18-7-2-1-3-8-18/h1-13,15-17H,14H2. The van der Waals surface area contributed by atoms with E-state index >= 15 is 0 Å². The summed E-state index contributed by atoms with van der Waals surface area (Å²) in [5, 5.41) is 1.40. The van der Waals surface area contributed by atoms with E-state index in [1.54, 1.807) is 36.4 Å². The van der Waals surface area contributed by atoms with Gasteiger partial charge < -0.3 is 13.6 Å². The molecule has 0 bridgehead atoms. The van der Waals surface area contributed by atoms with Crippen LogP contribution in [0.1, 0.15) is 5.56 Å². The maximum atomic E-state index is 12.6. The molecule has 2 heterocycles. The summed E-state index contributed by atoms with van der Waals surface area (Å²) in [7, 11) is 0. The first-order valence-electron chi connectivity index (χ1n) is 10.1. The summed E-state index contributed by atoms with van der Waals surface area (Å²) >= 11 is 0. The summed E-state index contributed by atoms with van der Waals surface area (Å²) in [5.74, 6) is 0.557. The summed E-state index contributed by atoms with van der Waals surface area (Å²) < 4.78 is 16.6. The van der Waals surface area contributed by atoms with Crippen LogP contribution in [0.4, 0.5) is 0 Å². The highest BCUT2D eigenvalue weighted by Crippen LogP contribution is 2.29. The Labute approximate surface area is 182 Å². The fraction of sp³-hybridized carbons (Fsp3) is 0.0370.